The maximum atomic E-state index is 12.1. The smallest absolute Gasteiger partial charge is 0.352 e. The first-order valence-corrected chi connectivity index (χ1v) is 4.34. The largest absolute Gasteiger partial charge is 0.428 e. The number of rotatable bonds is 2. The van der Waals surface area contributed by atoms with Gasteiger partial charge in [0.1, 0.15) is 0 Å². The van der Waals surface area contributed by atoms with Gasteiger partial charge in [0.25, 0.3) is 0 Å². The van der Waals surface area contributed by atoms with Gasteiger partial charge in [0.15, 0.2) is 0 Å². The minimum atomic E-state index is -4.29. The third-order valence-electron chi connectivity index (χ3n) is 1.90. The maximum absolute atomic E-state index is 12.1. The predicted molar refractivity (Wildman–Crippen MR) is 42.2 cm³/mol. The van der Waals surface area contributed by atoms with Crippen molar-refractivity contribution >= 4 is 0 Å². The van der Waals surface area contributed by atoms with Crippen molar-refractivity contribution in [1.29, 1.82) is 0 Å². The molecule has 0 radical (unpaired) electrons. The van der Waals surface area contributed by atoms with Crippen LogP contribution in [0.1, 0.15) is 20.3 Å². The van der Waals surface area contributed by atoms with E-state index in [1.54, 1.807) is 0 Å². The lowest BCUT2D eigenvalue weighted by Gasteiger charge is -2.15. The summed E-state index contributed by atoms with van der Waals surface area (Å²) in [6.45, 7) is 4.10. The normalized spacial score (nSPS) is 30.0. The van der Waals surface area contributed by atoms with Crippen molar-refractivity contribution < 1.29 is 17.9 Å². The van der Waals surface area contributed by atoms with Crippen molar-refractivity contribution in [2.24, 2.45) is 5.92 Å². The molecule has 1 N–H and O–H groups in total. The summed E-state index contributed by atoms with van der Waals surface area (Å²) in [7, 11) is 0. The van der Waals surface area contributed by atoms with E-state index in [2.05, 4.69) is 10.1 Å². The lowest BCUT2D eigenvalue weighted by molar-refractivity contribution is -0.212. The van der Waals surface area contributed by atoms with Crippen molar-refractivity contribution in [2.75, 3.05) is 6.61 Å². The van der Waals surface area contributed by atoms with Gasteiger partial charge < -0.3 is 4.74 Å². The Hall–Kier alpha value is -0.290. The summed E-state index contributed by atoms with van der Waals surface area (Å²) < 4.78 is 40.8. The van der Waals surface area contributed by atoms with E-state index in [0.717, 1.165) is 0 Å². The zero-order valence-electron chi connectivity index (χ0n) is 7.69. The van der Waals surface area contributed by atoms with Gasteiger partial charge in [-0.2, -0.15) is 13.2 Å². The summed E-state index contributed by atoms with van der Waals surface area (Å²) in [5.74, 6) is 0.382. The Morgan fingerprint density at radius 1 is 1.46 bits per heavy atom. The van der Waals surface area contributed by atoms with Crippen molar-refractivity contribution in [1.82, 2.24) is 5.32 Å². The molecule has 0 aromatic heterocycles. The van der Waals surface area contributed by atoms with Gasteiger partial charge in [-0.3, -0.25) is 5.32 Å². The van der Waals surface area contributed by atoms with Crippen LogP contribution in [0.4, 0.5) is 13.2 Å². The summed E-state index contributed by atoms with van der Waals surface area (Å²) in [5.41, 5.74) is 0. The Bertz CT molecular complexity index is 169. The molecule has 1 fully saturated rings. The zero-order chi connectivity index (χ0) is 10.1. The fourth-order valence-electron chi connectivity index (χ4n) is 1.42. The highest BCUT2D eigenvalue weighted by Gasteiger charge is 2.45. The van der Waals surface area contributed by atoms with Gasteiger partial charge >= 0.3 is 6.18 Å². The van der Waals surface area contributed by atoms with Crippen LogP contribution in [0.5, 0.6) is 0 Å². The summed E-state index contributed by atoms with van der Waals surface area (Å²) in [6, 6.07) is -0.161. The molecule has 1 heterocycles. The molecule has 0 aromatic carbocycles. The molecule has 0 bridgehead atoms. The number of alkyl halides is 3. The van der Waals surface area contributed by atoms with Gasteiger partial charge in [-0.1, -0.05) is 13.8 Å². The Labute approximate surface area is 75.4 Å². The molecule has 2 atom stereocenters. The maximum Gasteiger partial charge on any atom is 0.428 e. The Morgan fingerprint density at radius 2 is 2.08 bits per heavy atom. The fraction of sp³-hybridized carbons (Fsp3) is 1.00. The van der Waals surface area contributed by atoms with E-state index in [-0.39, 0.29) is 12.6 Å². The molecular formula is C8H14F3NO. The molecule has 1 saturated heterocycles. The van der Waals surface area contributed by atoms with Gasteiger partial charge in [0, 0.05) is 6.04 Å². The highest BCUT2D eigenvalue weighted by molar-refractivity contribution is 4.80. The molecular weight excluding hydrogens is 183 g/mol. The van der Waals surface area contributed by atoms with Crippen LogP contribution in [-0.2, 0) is 4.74 Å². The highest BCUT2D eigenvalue weighted by Crippen LogP contribution is 2.25. The number of halogens is 3. The zero-order valence-corrected chi connectivity index (χ0v) is 7.69. The first kappa shape index (κ1) is 10.8. The molecule has 0 saturated carbocycles. The van der Waals surface area contributed by atoms with Crippen LogP contribution in [-0.4, -0.2) is 25.1 Å². The summed E-state index contributed by atoms with van der Waals surface area (Å²) in [6.07, 6.45) is -5.34. The fourth-order valence-corrected chi connectivity index (χ4v) is 1.42. The second-order valence-electron chi connectivity index (χ2n) is 3.75. The van der Waals surface area contributed by atoms with Crippen LogP contribution in [0.3, 0.4) is 0 Å². The van der Waals surface area contributed by atoms with Crippen LogP contribution >= 0.6 is 0 Å². The average molecular weight is 197 g/mol. The second kappa shape index (κ2) is 3.84. The van der Waals surface area contributed by atoms with Gasteiger partial charge in [0.2, 0.25) is 6.23 Å². The standard InChI is InChI=1S/C8H14F3NO/c1-5(2)3-6-4-13-7(12-6)8(9,10)11/h5-7,12H,3-4H2,1-2H3/t6-,7?/m0/s1. The van der Waals surface area contributed by atoms with Gasteiger partial charge in [-0.25, -0.2) is 0 Å². The van der Waals surface area contributed by atoms with Crippen LogP contribution in [0, 0.1) is 5.92 Å². The van der Waals surface area contributed by atoms with Crippen molar-refractivity contribution in [2.45, 2.75) is 38.7 Å². The molecule has 0 amide bonds. The molecule has 2 nitrogen and oxygen atoms in total. The number of ether oxygens (including phenoxy) is 1. The lowest BCUT2D eigenvalue weighted by atomic mass is 10.1. The minimum Gasteiger partial charge on any atom is -0.352 e. The van der Waals surface area contributed by atoms with E-state index < -0.39 is 12.4 Å². The van der Waals surface area contributed by atoms with Crippen LogP contribution in [0.25, 0.3) is 0 Å². The quantitative estimate of drug-likeness (QED) is 0.730. The molecule has 1 rings (SSSR count). The van der Waals surface area contributed by atoms with Crippen LogP contribution in [0.15, 0.2) is 0 Å². The van der Waals surface area contributed by atoms with E-state index in [0.29, 0.717) is 12.3 Å². The molecule has 5 heteroatoms. The first-order chi connectivity index (χ1) is 5.89. The minimum absolute atomic E-state index is 0.155. The van der Waals surface area contributed by atoms with Crippen molar-refractivity contribution in [3.05, 3.63) is 0 Å². The topological polar surface area (TPSA) is 21.3 Å². The molecule has 0 spiro atoms. The second-order valence-corrected chi connectivity index (χ2v) is 3.75. The SMILES string of the molecule is CC(C)C[C@H]1COC(C(F)(F)F)N1. The molecule has 0 aliphatic carbocycles. The Balaban J connectivity index is 2.36. The van der Waals surface area contributed by atoms with E-state index >= 15 is 0 Å². The summed E-state index contributed by atoms with van der Waals surface area (Å²) >= 11 is 0. The van der Waals surface area contributed by atoms with E-state index in [1.807, 2.05) is 13.8 Å². The molecule has 13 heavy (non-hydrogen) atoms. The molecule has 0 aromatic rings. The first-order valence-electron chi connectivity index (χ1n) is 4.34. The lowest BCUT2D eigenvalue weighted by Crippen LogP contribution is -2.41. The third-order valence-corrected chi connectivity index (χ3v) is 1.90. The molecule has 1 aliphatic heterocycles. The molecule has 1 unspecified atom stereocenters. The van der Waals surface area contributed by atoms with Crippen LogP contribution < -0.4 is 5.32 Å². The monoisotopic (exact) mass is 197 g/mol. The van der Waals surface area contributed by atoms with Gasteiger partial charge in [-0.05, 0) is 12.3 Å². The van der Waals surface area contributed by atoms with Gasteiger partial charge in [-0.15, -0.1) is 0 Å². The van der Waals surface area contributed by atoms with E-state index in [9.17, 15) is 13.2 Å². The Morgan fingerprint density at radius 3 is 2.46 bits per heavy atom. The predicted octanol–water partition coefficient (Wildman–Crippen LogP) is 1.91. The van der Waals surface area contributed by atoms with Crippen molar-refractivity contribution in [3.8, 4) is 0 Å². The third kappa shape index (κ3) is 3.15. The van der Waals surface area contributed by atoms with Crippen LogP contribution in [0.2, 0.25) is 0 Å². The van der Waals surface area contributed by atoms with Gasteiger partial charge in [0.05, 0.1) is 6.61 Å². The summed E-state index contributed by atoms with van der Waals surface area (Å²) in [4.78, 5) is 0. The average Bonchev–Trinajstić information content (AvgIpc) is 2.32. The Kier molecular flexibility index (Phi) is 3.18. The molecule has 1 aliphatic rings. The number of nitrogens with one attached hydrogen (secondary N) is 1. The number of hydrogen-bond donors (Lipinski definition) is 1. The van der Waals surface area contributed by atoms with E-state index in [1.165, 1.54) is 0 Å². The van der Waals surface area contributed by atoms with Crippen molar-refractivity contribution in [3.63, 3.8) is 0 Å². The highest BCUT2D eigenvalue weighted by atomic mass is 19.4. The van der Waals surface area contributed by atoms with E-state index in [4.69, 9.17) is 0 Å². The molecule has 78 valence electrons. The number of hydrogen-bond acceptors (Lipinski definition) is 2. The summed E-state index contributed by atoms with van der Waals surface area (Å²) in [5, 5.41) is 2.42.